The van der Waals surface area contributed by atoms with Gasteiger partial charge in [0.2, 0.25) is 5.91 Å². The molecule has 6 heteroatoms. The maximum absolute atomic E-state index is 12.9. The molecule has 2 aromatic rings. The van der Waals surface area contributed by atoms with Gasteiger partial charge in [-0.3, -0.25) is 9.36 Å². The summed E-state index contributed by atoms with van der Waals surface area (Å²) in [5.41, 5.74) is 2.29. The Morgan fingerprint density at radius 3 is 2.62 bits per heavy atom. The molecule has 0 aliphatic carbocycles. The van der Waals surface area contributed by atoms with Crippen LogP contribution in [0.3, 0.4) is 0 Å². The van der Waals surface area contributed by atoms with E-state index in [1.54, 1.807) is 9.25 Å². The molecular weight excluding hydrogens is 328 g/mol. The maximum Gasteiger partial charge on any atom is 0.346 e. The maximum atomic E-state index is 12.9. The van der Waals surface area contributed by atoms with Crippen LogP contribution in [0.1, 0.15) is 48.7 Å². The molecule has 0 unspecified atom stereocenters. The molecule has 4 rings (SSSR count). The molecule has 1 fully saturated rings. The van der Waals surface area contributed by atoms with E-state index in [0.29, 0.717) is 6.54 Å². The summed E-state index contributed by atoms with van der Waals surface area (Å²) in [6, 6.07) is 7.99. The number of fused-ring (bicyclic) bond motifs is 1. The van der Waals surface area contributed by atoms with Crippen molar-refractivity contribution in [3.8, 4) is 0 Å². The first kappa shape index (κ1) is 17.1. The molecule has 26 heavy (non-hydrogen) atoms. The summed E-state index contributed by atoms with van der Waals surface area (Å²) < 4.78 is 3.21. The smallest absolute Gasteiger partial charge is 0.341 e. The van der Waals surface area contributed by atoms with E-state index in [-0.39, 0.29) is 17.6 Å². The van der Waals surface area contributed by atoms with Crippen LogP contribution in [0.25, 0.3) is 0 Å². The van der Waals surface area contributed by atoms with Crippen LogP contribution < -0.4 is 5.69 Å². The number of hydrogen-bond donors (Lipinski definition) is 0. The minimum absolute atomic E-state index is 0.101. The molecule has 0 N–H and O–H groups in total. The normalized spacial score (nSPS) is 19.6. The molecule has 1 aromatic carbocycles. The Morgan fingerprint density at radius 1 is 1.15 bits per heavy atom. The number of likely N-dealkylation sites (tertiary alicyclic amines) is 1. The second-order valence-electron chi connectivity index (χ2n) is 7.47. The summed E-state index contributed by atoms with van der Waals surface area (Å²) in [6.45, 7) is 4.25. The lowest BCUT2D eigenvalue weighted by atomic mass is 10.0. The van der Waals surface area contributed by atoms with Crippen LogP contribution in [0.5, 0.6) is 0 Å². The minimum atomic E-state index is -0.363. The summed E-state index contributed by atoms with van der Waals surface area (Å²) in [5, 5.41) is 4.54. The van der Waals surface area contributed by atoms with Crippen LogP contribution in [0.4, 0.5) is 0 Å². The Balaban J connectivity index is 1.54. The molecule has 1 saturated heterocycles. The highest BCUT2D eigenvalue weighted by Gasteiger charge is 2.33. The van der Waals surface area contributed by atoms with Gasteiger partial charge in [-0.15, -0.1) is 0 Å². The van der Waals surface area contributed by atoms with Crippen LogP contribution in [0.2, 0.25) is 0 Å². The van der Waals surface area contributed by atoms with Crippen molar-refractivity contribution in [3.05, 3.63) is 51.7 Å². The van der Waals surface area contributed by atoms with E-state index in [1.807, 2.05) is 4.90 Å². The lowest BCUT2D eigenvalue weighted by molar-refractivity contribution is -0.134. The molecule has 1 atom stereocenters. The minimum Gasteiger partial charge on any atom is -0.341 e. The topological polar surface area (TPSA) is 60.1 Å². The Hall–Kier alpha value is -2.37. The fourth-order valence-corrected chi connectivity index (χ4v) is 4.05. The number of aryl methyl sites for hydroxylation is 4. The first-order valence-electron chi connectivity index (χ1n) is 9.66. The van der Waals surface area contributed by atoms with Gasteiger partial charge >= 0.3 is 5.69 Å². The van der Waals surface area contributed by atoms with E-state index in [1.165, 1.54) is 11.1 Å². The number of aromatic nitrogens is 3. The third-order valence-corrected chi connectivity index (χ3v) is 5.57. The Bertz CT molecular complexity index is 844. The first-order valence-corrected chi connectivity index (χ1v) is 9.66. The lowest BCUT2D eigenvalue weighted by Gasteiger charge is -2.27. The molecule has 2 aliphatic heterocycles. The van der Waals surface area contributed by atoms with Crippen molar-refractivity contribution in [2.45, 2.75) is 58.0 Å². The summed E-state index contributed by atoms with van der Waals surface area (Å²) in [7, 11) is 0. The lowest BCUT2D eigenvalue weighted by Crippen LogP contribution is -2.41. The number of rotatable bonds is 4. The van der Waals surface area contributed by atoms with E-state index >= 15 is 0 Å². The van der Waals surface area contributed by atoms with E-state index in [9.17, 15) is 9.59 Å². The Kier molecular flexibility index (Phi) is 4.66. The van der Waals surface area contributed by atoms with Gasteiger partial charge in [0.15, 0.2) is 0 Å². The van der Waals surface area contributed by atoms with Gasteiger partial charge in [0.25, 0.3) is 0 Å². The molecule has 1 aromatic heterocycles. The summed E-state index contributed by atoms with van der Waals surface area (Å²) >= 11 is 0. The largest absolute Gasteiger partial charge is 0.346 e. The number of carbonyl (C=O) groups excluding carboxylic acids is 1. The number of carbonyl (C=O) groups is 1. The molecule has 1 amide bonds. The van der Waals surface area contributed by atoms with Gasteiger partial charge in [-0.2, -0.15) is 5.10 Å². The number of benzene rings is 1. The standard InChI is InChI=1S/C20H26N4O2/c1-15-7-9-16(10-8-15)11-14-23-20(26)24-17(5-4-6-18(24)21-23)19(25)22-12-2-3-13-22/h7-10,17H,2-6,11-14H2,1H3/t17-/m1/s1. The van der Waals surface area contributed by atoms with Crippen LogP contribution in [-0.2, 0) is 24.2 Å². The first-order chi connectivity index (χ1) is 12.6. The molecule has 0 saturated carbocycles. The van der Waals surface area contributed by atoms with Crippen molar-refractivity contribution in [1.82, 2.24) is 19.2 Å². The average molecular weight is 354 g/mol. The predicted octanol–water partition coefficient (Wildman–Crippen LogP) is 2.10. The average Bonchev–Trinajstić information content (AvgIpc) is 3.29. The van der Waals surface area contributed by atoms with Gasteiger partial charge < -0.3 is 4.90 Å². The second kappa shape index (κ2) is 7.09. The highest BCUT2D eigenvalue weighted by atomic mass is 16.2. The fraction of sp³-hybridized carbons (Fsp3) is 0.550. The third-order valence-electron chi connectivity index (χ3n) is 5.57. The highest BCUT2D eigenvalue weighted by Crippen LogP contribution is 2.25. The zero-order chi connectivity index (χ0) is 18.1. The quantitative estimate of drug-likeness (QED) is 0.845. The van der Waals surface area contributed by atoms with Crippen molar-refractivity contribution in [2.24, 2.45) is 0 Å². The molecule has 0 spiro atoms. The van der Waals surface area contributed by atoms with Crippen molar-refractivity contribution >= 4 is 5.91 Å². The third kappa shape index (κ3) is 3.20. The van der Waals surface area contributed by atoms with E-state index in [4.69, 9.17) is 0 Å². The van der Waals surface area contributed by atoms with Crippen molar-refractivity contribution in [2.75, 3.05) is 13.1 Å². The van der Waals surface area contributed by atoms with Gasteiger partial charge in [-0.1, -0.05) is 29.8 Å². The second-order valence-corrected chi connectivity index (χ2v) is 7.47. The van der Waals surface area contributed by atoms with Crippen LogP contribution in [-0.4, -0.2) is 38.2 Å². The molecule has 0 bridgehead atoms. The summed E-state index contributed by atoms with van der Waals surface area (Å²) in [6.07, 6.45) is 5.33. The van der Waals surface area contributed by atoms with Crippen LogP contribution >= 0.6 is 0 Å². The molecule has 138 valence electrons. The van der Waals surface area contributed by atoms with Gasteiger partial charge in [0.05, 0.1) is 6.54 Å². The van der Waals surface area contributed by atoms with Gasteiger partial charge in [0.1, 0.15) is 11.9 Å². The van der Waals surface area contributed by atoms with Crippen molar-refractivity contribution < 1.29 is 4.79 Å². The zero-order valence-corrected chi connectivity index (χ0v) is 15.4. The molecule has 3 heterocycles. The van der Waals surface area contributed by atoms with Crippen LogP contribution in [0.15, 0.2) is 29.1 Å². The highest BCUT2D eigenvalue weighted by molar-refractivity contribution is 5.80. The summed E-state index contributed by atoms with van der Waals surface area (Å²) in [5.74, 6) is 0.867. The van der Waals surface area contributed by atoms with Crippen LogP contribution in [0, 0.1) is 6.92 Å². The van der Waals surface area contributed by atoms with E-state index < -0.39 is 0 Å². The number of amides is 1. The zero-order valence-electron chi connectivity index (χ0n) is 15.4. The Morgan fingerprint density at radius 2 is 1.88 bits per heavy atom. The number of nitrogens with zero attached hydrogens (tertiary/aromatic N) is 4. The molecule has 0 radical (unpaired) electrons. The monoisotopic (exact) mass is 354 g/mol. The van der Waals surface area contributed by atoms with Gasteiger partial charge in [0, 0.05) is 19.5 Å². The molecule has 2 aliphatic rings. The Labute approximate surface area is 153 Å². The van der Waals surface area contributed by atoms with Gasteiger partial charge in [-0.05, 0) is 44.6 Å². The van der Waals surface area contributed by atoms with Crippen molar-refractivity contribution in [1.29, 1.82) is 0 Å². The molecular formula is C20H26N4O2. The molecule has 6 nitrogen and oxygen atoms in total. The van der Waals surface area contributed by atoms with Gasteiger partial charge in [-0.25, -0.2) is 9.48 Å². The summed E-state index contributed by atoms with van der Waals surface area (Å²) in [4.78, 5) is 27.7. The van der Waals surface area contributed by atoms with E-state index in [0.717, 1.165) is 57.4 Å². The van der Waals surface area contributed by atoms with E-state index in [2.05, 4.69) is 36.3 Å². The fourth-order valence-electron chi connectivity index (χ4n) is 4.05. The number of hydrogen-bond acceptors (Lipinski definition) is 3. The SMILES string of the molecule is Cc1ccc(CCn2nc3n(c2=O)[C@@H](C(=O)N2CCCC2)CCC3)cc1. The van der Waals surface area contributed by atoms with Crippen molar-refractivity contribution in [3.63, 3.8) is 0 Å². The predicted molar refractivity (Wildman–Crippen MR) is 99.2 cm³/mol.